The van der Waals surface area contributed by atoms with Crippen LogP contribution in [0.2, 0.25) is 0 Å². The second-order valence-corrected chi connectivity index (χ2v) is 16.3. The molecule has 3 heterocycles. The van der Waals surface area contributed by atoms with Crippen molar-refractivity contribution >= 4 is 92.1 Å². The predicted octanol–water partition coefficient (Wildman–Crippen LogP) is 8.56. The highest BCUT2D eigenvalue weighted by molar-refractivity contribution is 7.27. The molecule has 0 radical (unpaired) electrons. The maximum atomic E-state index is 13.5. The fraction of sp³-hybridized carbons (Fsp3) is 0.140. The summed E-state index contributed by atoms with van der Waals surface area (Å²) in [4.78, 5) is 40.3. The number of nitrogens with one attached hydrogen (secondary N) is 2. The van der Waals surface area contributed by atoms with Gasteiger partial charge in [-0.15, -0.1) is 34.0 Å². The van der Waals surface area contributed by atoms with Crippen LogP contribution in [0.15, 0.2) is 127 Å². The molecule has 264 valence electrons. The van der Waals surface area contributed by atoms with Gasteiger partial charge in [-0.3, -0.25) is 9.59 Å². The van der Waals surface area contributed by atoms with Gasteiger partial charge >= 0.3 is 5.97 Å². The molecule has 5 N–H and O–H groups in total. The Labute approximate surface area is 317 Å². The maximum absolute atomic E-state index is 13.5. The number of amides is 2. The zero-order valence-electron chi connectivity index (χ0n) is 28.5. The smallest absolute Gasteiger partial charge is 0.326 e. The van der Waals surface area contributed by atoms with Crippen LogP contribution in [0.5, 0.6) is 0 Å². The van der Waals surface area contributed by atoms with Gasteiger partial charge in [0.25, 0.3) is 0 Å². The van der Waals surface area contributed by atoms with Crippen LogP contribution in [0.1, 0.15) is 16.7 Å². The Bertz CT molecular complexity index is 2590. The van der Waals surface area contributed by atoms with Crippen LogP contribution in [0.25, 0.3) is 50.8 Å². The van der Waals surface area contributed by atoms with Gasteiger partial charge in [0.15, 0.2) is 0 Å². The molecular formula is C43H35N3O4S3. The SMILES string of the molecule is N[C@@H](Cc1ccc(-c2cc3c(ccc4sc5ccc6sccc6c5c43)s2)cc1)C(=O)N[C@@H](Cc1ccccc1)C(=O)N[C@@H](Cc1ccccc1)C(=O)O. The molecule has 0 aliphatic rings. The Morgan fingerprint density at radius 1 is 0.585 bits per heavy atom. The minimum absolute atomic E-state index is 0.110. The molecule has 10 heteroatoms. The number of carboxylic acid groups (broad SMARTS) is 1. The summed E-state index contributed by atoms with van der Waals surface area (Å²) in [7, 11) is 0. The summed E-state index contributed by atoms with van der Waals surface area (Å²) in [6, 6.07) is 36.8. The van der Waals surface area contributed by atoms with E-state index in [1.807, 2.05) is 84.1 Å². The van der Waals surface area contributed by atoms with E-state index in [9.17, 15) is 19.5 Å². The largest absolute Gasteiger partial charge is 0.480 e. The van der Waals surface area contributed by atoms with Gasteiger partial charge in [0, 0.05) is 58.1 Å². The first-order valence-corrected chi connectivity index (χ1v) is 19.8. The molecule has 53 heavy (non-hydrogen) atoms. The molecule has 0 saturated carbocycles. The van der Waals surface area contributed by atoms with Gasteiger partial charge in [-0.25, -0.2) is 4.79 Å². The van der Waals surface area contributed by atoms with E-state index in [0.29, 0.717) is 0 Å². The molecule has 0 bridgehead atoms. The Balaban J connectivity index is 0.977. The minimum Gasteiger partial charge on any atom is -0.480 e. The third-order valence-corrected chi connectivity index (χ3v) is 12.7. The number of benzene rings is 5. The average Bonchev–Trinajstić information content (AvgIpc) is 3.92. The molecule has 8 aromatic rings. The molecule has 0 aliphatic heterocycles. The van der Waals surface area contributed by atoms with Crippen molar-refractivity contribution in [2.24, 2.45) is 5.73 Å². The van der Waals surface area contributed by atoms with E-state index >= 15 is 0 Å². The Morgan fingerprint density at radius 3 is 1.81 bits per heavy atom. The summed E-state index contributed by atoms with van der Waals surface area (Å²) in [6.07, 6.45) is 0.555. The van der Waals surface area contributed by atoms with E-state index in [0.717, 1.165) is 22.3 Å². The molecule has 5 aromatic carbocycles. The summed E-state index contributed by atoms with van der Waals surface area (Å²) in [5.74, 6) is -2.23. The summed E-state index contributed by atoms with van der Waals surface area (Å²) in [6.45, 7) is 0. The van der Waals surface area contributed by atoms with Crippen molar-refractivity contribution in [1.29, 1.82) is 0 Å². The van der Waals surface area contributed by atoms with Crippen molar-refractivity contribution in [2.45, 2.75) is 37.4 Å². The highest BCUT2D eigenvalue weighted by Gasteiger charge is 2.28. The van der Waals surface area contributed by atoms with Gasteiger partial charge < -0.3 is 21.5 Å². The number of carboxylic acids is 1. The number of hydrogen-bond acceptors (Lipinski definition) is 7. The highest BCUT2D eigenvalue weighted by atomic mass is 32.1. The fourth-order valence-electron chi connectivity index (χ4n) is 6.87. The highest BCUT2D eigenvalue weighted by Crippen LogP contribution is 2.46. The molecule has 0 spiro atoms. The quantitative estimate of drug-likeness (QED) is 0.0997. The van der Waals surface area contributed by atoms with Crippen molar-refractivity contribution < 1.29 is 19.5 Å². The Kier molecular flexibility index (Phi) is 9.76. The number of nitrogens with two attached hydrogens (primary N) is 1. The molecule has 3 aromatic heterocycles. The van der Waals surface area contributed by atoms with Crippen molar-refractivity contribution in [1.82, 2.24) is 10.6 Å². The topological polar surface area (TPSA) is 122 Å². The third kappa shape index (κ3) is 7.31. The van der Waals surface area contributed by atoms with E-state index in [1.54, 1.807) is 22.7 Å². The van der Waals surface area contributed by atoms with Crippen LogP contribution in [0, 0.1) is 0 Å². The van der Waals surface area contributed by atoms with E-state index in [-0.39, 0.29) is 19.3 Å². The summed E-state index contributed by atoms with van der Waals surface area (Å²) < 4.78 is 5.13. The van der Waals surface area contributed by atoms with Crippen LogP contribution >= 0.6 is 34.0 Å². The Hall–Kier alpha value is -5.39. The molecule has 7 nitrogen and oxygen atoms in total. The lowest BCUT2D eigenvalue weighted by Crippen LogP contribution is -2.55. The molecule has 3 atom stereocenters. The van der Waals surface area contributed by atoms with Gasteiger partial charge in [-0.05, 0) is 70.5 Å². The normalized spacial score (nSPS) is 13.3. The number of carbonyl (C=O) groups is 3. The zero-order chi connectivity index (χ0) is 36.5. The lowest BCUT2D eigenvalue weighted by atomic mass is 10.0. The molecule has 0 fully saturated rings. The summed E-state index contributed by atoms with van der Waals surface area (Å²) in [5, 5.41) is 22.7. The van der Waals surface area contributed by atoms with E-state index in [2.05, 4.69) is 64.5 Å². The average molecular weight is 754 g/mol. The molecule has 0 saturated heterocycles. The minimum atomic E-state index is -1.17. The third-order valence-electron chi connectivity index (χ3n) is 9.57. The monoisotopic (exact) mass is 753 g/mol. The molecule has 0 aliphatic carbocycles. The van der Waals surface area contributed by atoms with Crippen molar-refractivity contribution in [3.05, 3.63) is 143 Å². The first-order valence-electron chi connectivity index (χ1n) is 17.3. The lowest BCUT2D eigenvalue weighted by molar-refractivity contribution is -0.142. The van der Waals surface area contributed by atoms with Gasteiger partial charge in [-0.1, -0.05) is 84.9 Å². The summed E-state index contributed by atoms with van der Waals surface area (Å²) >= 11 is 5.38. The second-order valence-electron chi connectivity index (χ2n) is 13.2. The van der Waals surface area contributed by atoms with Crippen molar-refractivity contribution in [3.8, 4) is 10.4 Å². The molecule has 2 amide bonds. The maximum Gasteiger partial charge on any atom is 0.326 e. The Morgan fingerprint density at radius 2 is 1.15 bits per heavy atom. The number of hydrogen-bond donors (Lipinski definition) is 4. The first kappa shape index (κ1) is 34.7. The molecule has 0 unspecified atom stereocenters. The fourth-order valence-corrected chi connectivity index (χ4v) is 9.88. The van der Waals surface area contributed by atoms with Crippen LogP contribution in [0.3, 0.4) is 0 Å². The predicted molar refractivity (Wildman–Crippen MR) is 219 cm³/mol. The zero-order valence-corrected chi connectivity index (χ0v) is 30.9. The first-order chi connectivity index (χ1) is 25.8. The number of thiophene rings is 3. The van der Waals surface area contributed by atoms with E-state index < -0.39 is 35.9 Å². The van der Waals surface area contributed by atoms with Gasteiger partial charge in [0.2, 0.25) is 11.8 Å². The second kappa shape index (κ2) is 14.9. The van der Waals surface area contributed by atoms with Gasteiger partial charge in [0.1, 0.15) is 12.1 Å². The van der Waals surface area contributed by atoms with Crippen LogP contribution in [0.4, 0.5) is 0 Å². The number of fused-ring (bicyclic) bond motifs is 7. The van der Waals surface area contributed by atoms with Crippen molar-refractivity contribution in [3.63, 3.8) is 0 Å². The molecule has 8 rings (SSSR count). The van der Waals surface area contributed by atoms with Crippen molar-refractivity contribution in [2.75, 3.05) is 0 Å². The van der Waals surface area contributed by atoms with Crippen LogP contribution in [-0.2, 0) is 33.6 Å². The van der Waals surface area contributed by atoms with E-state index in [4.69, 9.17) is 5.73 Å². The lowest BCUT2D eigenvalue weighted by Gasteiger charge is -2.23. The number of rotatable bonds is 12. The van der Waals surface area contributed by atoms with Gasteiger partial charge in [0.05, 0.1) is 6.04 Å². The standard InChI is InChI=1S/C43H35N3O4S3/c44-31(41(47)45-32(22-25-7-3-1-4-8-25)42(48)46-33(43(49)50)23-26-9-5-2-6-10-26)21-27-11-13-28(14-12-27)38-24-30-35(52-38)16-18-37-40(30)39-29-19-20-51-34(29)15-17-36(39)53-37/h1-20,24,31-33H,21-23,44H2,(H,45,47)(H,46,48)(H,49,50)/t31-,32-,33-/m0/s1. The summed E-state index contributed by atoms with van der Waals surface area (Å²) in [5.41, 5.74) is 10.0. The van der Waals surface area contributed by atoms with Crippen LogP contribution in [-0.4, -0.2) is 41.0 Å². The number of carbonyl (C=O) groups excluding carboxylic acids is 2. The van der Waals surface area contributed by atoms with Gasteiger partial charge in [-0.2, -0.15) is 0 Å². The molecular weight excluding hydrogens is 719 g/mol. The number of aliphatic carboxylic acids is 1. The van der Waals surface area contributed by atoms with E-state index in [1.165, 1.54) is 45.2 Å². The van der Waals surface area contributed by atoms with Crippen LogP contribution < -0.4 is 16.4 Å².